The second-order valence-electron chi connectivity index (χ2n) is 5.01. The number of hydrogen-bond acceptors (Lipinski definition) is 4. The van der Waals surface area contributed by atoms with E-state index < -0.39 is 18.5 Å². The molecule has 0 unspecified atom stereocenters. The fourth-order valence-corrected chi connectivity index (χ4v) is 2.64. The van der Waals surface area contributed by atoms with Crippen molar-refractivity contribution in [3.8, 4) is 0 Å². The van der Waals surface area contributed by atoms with Crippen LogP contribution in [0.25, 0.3) is 0 Å². The number of carbonyl (C=O) groups excluding carboxylic acids is 3. The molecule has 0 aliphatic rings. The third-order valence-corrected chi connectivity index (χ3v) is 3.76. The quantitative estimate of drug-likeness (QED) is 0.713. The van der Waals surface area contributed by atoms with Gasteiger partial charge >= 0.3 is 5.97 Å². The maximum Gasteiger partial charge on any atom is 0.338 e. The maximum absolute atomic E-state index is 12.0. The van der Waals surface area contributed by atoms with Crippen LogP contribution in [0.1, 0.15) is 17.3 Å². The predicted molar refractivity (Wildman–Crippen MR) is 98.8 cm³/mol. The zero-order chi connectivity index (χ0) is 18.4. The molecule has 8 heteroatoms. The first-order chi connectivity index (χ1) is 11.8. The third kappa shape index (κ3) is 5.88. The minimum atomic E-state index is -0.677. The van der Waals surface area contributed by atoms with E-state index in [1.165, 1.54) is 19.1 Å². The Morgan fingerprint density at radius 1 is 1.12 bits per heavy atom. The smallest absolute Gasteiger partial charge is 0.338 e. The van der Waals surface area contributed by atoms with Gasteiger partial charge in [-0.15, -0.1) is 0 Å². The number of amides is 2. The molecule has 0 aliphatic carbocycles. The van der Waals surface area contributed by atoms with Crippen LogP contribution in [0.3, 0.4) is 0 Å². The summed E-state index contributed by atoms with van der Waals surface area (Å²) in [7, 11) is 0. The average molecular weight is 426 g/mol. The fraction of sp³-hybridized carbons (Fsp3) is 0.118. The number of hydrogen-bond donors (Lipinski definition) is 2. The molecule has 130 valence electrons. The summed E-state index contributed by atoms with van der Waals surface area (Å²) in [5.74, 6) is -1.45. The van der Waals surface area contributed by atoms with Gasteiger partial charge < -0.3 is 15.4 Å². The van der Waals surface area contributed by atoms with E-state index >= 15 is 0 Å². The zero-order valence-corrected chi connectivity index (χ0v) is 15.5. The van der Waals surface area contributed by atoms with Crippen molar-refractivity contribution in [3.05, 3.63) is 57.5 Å². The number of nitrogens with one attached hydrogen (secondary N) is 2. The molecule has 0 fully saturated rings. The summed E-state index contributed by atoms with van der Waals surface area (Å²) in [6, 6.07) is 11.2. The number of benzene rings is 2. The van der Waals surface area contributed by atoms with Gasteiger partial charge in [0.1, 0.15) is 0 Å². The van der Waals surface area contributed by atoms with Crippen LogP contribution in [-0.4, -0.2) is 24.4 Å². The van der Waals surface area contributed by atoms with E-state index in [2.05, 4.69) is 26.6 Å². The predicted octanol–water partition coefficient (Wildman–Crippen LogP) is 3.86. The minimum Gasteiger partial charge on any atom is -0.452 e. The van der Waals surface area contributed by atoms with Crippen molar-refractivity contribution in [2.75, 3.05) is 17.2 Å². The molecular formula is C17H14BrClN2O4. The molecule has 0 spiro atoms. The van der Waals surface area contributed by atoms with E-state index in [1.54, 1.807) is 30.3 Å². The topological polar surface area (TPSA) is 84.5 Å². The van der Waals surface area contributed by atoms with E-state index in [-0.39, 0.29) is 11.5 Å². The number of ether oxygens (including phenoxy) is 1. The maximum atomic E-state index is 12.0. The van der Waals surface area contributed by atoms with Crippen LogP contribution in [0.4, 0.5) is 11.4 Å². The van der Waals surface area contributed by atoms with Crippen molar-refractivity contribution in [1.29, 1.82) is 0 Å². The molecule has 25 heavy (non-hydrogen) atoms. The highest BCUT2D eigenvalue weighted by molar-refractivity contribution is 9.10. The molecule has 0 saturated heterocycles. The summed E-state index contributed by atoms with van der Waals surface area (Å²) in [6.45, 7) is 0.901. The van der Waals surface area contributed by atoms with Gasteiger partial charge in [0.25, 0.3) is 5.91 Å². The Morgan fingerprint density at radius 2 is 1.88 bits per heavy atom. The molecule has 0 saturated carbocycles. The Morgan fingerprint density at radius 3 is 2.56 bits per heavy atom. The summed E-state index contributed by atoms with van der Waals surface area (Å²) in [5, 5.41) is 5.48. The van der Waals surface area contributed by atoms with Crippen LogP contribution >= 0.6 is 27.5 Å². The van der Waals surface area contributed by atoms with Crippen molar-refractivity contribution in [2.45, 2.75) is 6.92 Å². The van der Waals surface area contributed by atoms with Crippen LogP contribution in [0.15, 0.2) is 46.9 Å². The van der Waals surface area contributed by atoms with Crippen molar-refractivity contribution < 1.29 is 19.1 Å². The SMILES string of the molecule is CC(=O)Nc1cccc(C(=O)OCC(=O)Nc2ccc(Br)cc2Cl)c1. The monoisotopic (exact) mass is 424 g/mol. The standard InChI is InChI=1S/C17H14BrClN2O4/c1-10(22)20-13-4-2-3-11(7-13)17(24)25-9-16(23)21-15-6-5-12(18)8-14(15)19/h2-8H,9H2,1H3,(H,20,22)(H,21,23). The Kier molecular flexibility index (Phi) is 6.55. The molecule has 2 N–H and O–H groups in total. The second kappa shape index (κ2) is 8.64. The fourth-order valence-electron chi connectivity index (χ4n) is 1.92. The molecule has 2 aromatic carbocycles. The molecule has 2 aromatic rings. The van der Waals surface area contributed by atoms with E-state index in [4.69, 9.17) is 16.3 Å². The van der Waals surface area contributed by atoms with Gasteiger partial charge in [0.2, 0.25) is 5.91 Å². The molecule has 6 nitrogen and oxygen atoms in total. The number of carbonyl (C=O) groups is 3. The van der Waals surface area contributed by atoms with Crippen LogP contribution < -0.4 is 10.6 Å². The van der Waals surface area contributed by atoms with Gasteiger partial charge in [-0.3, -0.25) is 9.59 Å². The van der Waals surface area contributed by atoms with Crippen LogP contribution in [0, 0.1) is 0 Å². The first-order valence-electron chi connectivity index (χ1n) is 7.15. The lowest BCUT2D eigenvalue weighted by Crippen LogP contribution is -2.21. The molecule has 0 bridgehead atoms. The van der Waals surface area contributed by atoms with Gasteiger partial charge in [0, 0.05) is 17.1 Å². The van der Waals surface area contributed by atoms with Gasteiger partial charge in [-0.1, -0.05) is 33.6 Å². The normalized spacial score (nSPS) is 10.0. The Labute approximate surface area is 157 Å². The molecule has 2 rings (SSSR count). The Hall–Kier alpha value is -2.38. The first kappa shape index (κ1) is 19.0. The summed E-state index contributed by atoms with van der Waals surface area (Å²) >= 11 is 9.27. The summed E-state index contributed by atoms with van der Waals surface area (Å²) < 4.78 is 5.75. The van der Waals surface area contributed by atoms with Gasteiger partial charge in [-0.2, -0.15) is 0 Å². The highest BCUT2D eigenvalue weighted by Gasteiger charge is 2.12. The van der Waals surface area contributed by atoms with E-state index in [9.17, 15) is 14.4 Å². The molecule has 0 atom stereocenters. The summed E-state index contributed by atoms with van der Waals surface area (Å²) in [5.41, 5.74) is 1.10. The van der Waals surface area contributed by atoms with Gasteiger partial charge in [-0.05, 0) is 36.4 Å². The van der Waals surface area contributed by atoms with Crippen molar-refractivity contribution in [1.82, 2.24) is 0 Å². The Balaban J connectivity index is 1.93. The average Bonchev–Trinajstić information content (AvgIpc) is 2.55. The lowest BCUT2D eigenvalue weighted by atomic mass is 10.2. The molecule has 0 radical (unpaired) electrons. The van der Waals surface area contributed by atoms with Gasteiger partial charge in [0.05, 0.1) is 16.3 Å². The highest BCUT2D eigenvalue weighted by atomic mass is 79.9. The lowest BCUT2D eigenvalue weighted by molar-refractivity contribution is -0.119. The van der Waals surface area contributed by atoms with Gasteiger partial charge in [0.15, 0.2) is 6.61 Å². The zero-order valence-electron chi connectivity index (χ0n) is 13.1. The molecule has 0 heterocycles. The molecule has 0 aliphatic heterocycles. The molecular weight excluding hydrogens is 412 g/mol. The Bertz CT molecular complexity index is 826. The first-order valence-corrected chi connectivity index (χ1v) is 8.32. The van der Waals surface area contributed by atoms with Crippen molar-refractivity contribution in [3.63, 3.8) is 0 Å². The number of esters is 1. The summed E-state index contributed by atoms with van der Waals surface area (Å²) in [6.07, 6.45) is 0. The third-order valence-electron chi connectivity index (χ3n) is 2.96. The van der Waals surface area contributed by atoms with Crippen molar-refractivity contribution >= 4 is 56.7 Å². The number of halogens is 2. The van der Waals surface area contributed by atoms with Gasteiger partial charge in [-0.25, -0.2) is 4.79 Å². The lowest BCUT2D eigenvalue weighted by Gasteiger charge is -2.09. The van der Waals surface area contributed by atoms with E-state index in [0.717, 1.165) is 4.47 Å². The van der Waals surface area contributed by atoms with Crippen LogP contribution in [0.5, 0.6) is 0 Å². The minimum absolute atomic E-state index is 0.223. The van der Waals surface area contributed by atoms with E-state index in [1.807, 2.05) is 0 Å². The molecule has 0 aromatic heterocycles. The van der Waals surface area contributed by atoms with E-state index in [0.29, 0.717) is 16.4 Å². The number of anilines is 2. The van der Waals surface area contributed by atoms with Crippen LogP contribution in [0.2, 0.25) is 5.02 Å². The summed E-state index contributed by atoms with van der Waals surface area (Å²) in [4.78, 5) is 34.9. The largest absolute Gasteiger partial charge is 0.452 e. The molecule has 2 amide bonds. The second-order valence-corrected chi connectivity index (χ2v) is 6.33. The van der Waals surface area contributed by atoms with Crippen molar-refractivity contribution in [2.24, 2.45) is 0 Å². The number of rotatable bonds is 5. The van der Waals surface area contributed by atoms with Crippen LogP contribution in [-0.2, 0) is 14.3 Å². The highest BCUT2D eigenvalue weighted by Crippen LogP contribution is 2.25.